The van der Waals surface area contributed by atoms with Gasteiger partial charge in [-0.3, -0.25) is 10.0 Å². The van der Waals surface area contributed by atoms with Crippen molar-refractivity contribution in [2.24, 2.45) is 28.9 Å². The molecule has 3 fully saturated rings. The minimum atomic E-state index is -1.59. The molecule has 1 amide bonds. The highest BCUT2D eigenvalue weighted by Gasteiger charge is 2.51. The van der Waals surface area contributed by atoms with Gasteiger partial charge in [-0.2, -0.15) is 0 Å². The summed E-state index contributed by atoms with van der Waals surface area (Å²) in [6.07, 6.45) is -14.1. The van der Waals surface area contributed by atoms with Crippen molar-refractivity contribution < 1.29 is 64.7 Å². The Kier molecular flexibility index (Phi) is 14.5. The quantitative estimate of drug-likeness (QED) is 0.0618. The Bertz CT molecular complexity index is 882. The van der Waals surface area contributed by atoms with Crippen LogP contribution in [0.15, 0.2) is 0 Å². The van der Waals surface area contributed by atoms with Gasteiger partial charge in [0.2, 0.25) is 5.91 Å². The van der Waals surface area contributed by atoms with Crippen LogP contribution in [0.1, 0.15) is 19.3 Å². The minimum Gasteiger partial charge on any atom is -0.394 e. The van der Waals surface area contributed by atoms with E-state index >= 15 is 0 Å². The lowest BCUT2D eigenvalue weighted by molar-refractivity contribution is -0.320. The largest absolute Gasteiger partial charge is 0.394 e. The molecule has 258 valence electrons. The molecule has 0 radical (unpaired) electrons. The van der Waals surface area contributed by atoms with Crippen LogP contribution in [0.4, 0.5) is 0 Å². The number of carbonyl (C=O) groups is 1. The Labute approximate surface area is 254 Å². The summed E-state index contributed by atoms with van der Waals surface area (Å²) in [6, 6.07) is -3.02. The third-order valence-corrected chi connectivity index (χ3v) is 8.26. The predicted molar refractivity (Wildman–Crippen MR) is 148 cm³/mol. The van der Waals surface area contributed by atoms with E-state index in [1.54, 1.807) is 0 Å². The molecule has 0 aromatic rings. The van der Waals surface area contributed by atoms with Crippen LogP contribution in [0.5, 0.6) is 0 Å². The van der Waals surface area contributed by atoms with E-state index in [-0.39, 0.29) is 45.4 Å². The van der Waals surface area contributed by atoms with E-state index in [9.17, 15) is 40.6 Å². The fourth-order valence-corrected chi connectivity index (χ4v) is 5.70. The molecule has 0 spiro atoms. The Balaban J connectivity index is 1.79. The second kappa shape index (κ2) is 17.1. The number of hydrogen-bond donors (Lipinski definition) is 13. The molecule has 0 bridgehead atoms. The zero-order chi connectivity index (χ0) is 32.7. The maximum atomic E-state index is 12.7. The first kappa shape index (κ1) is 37.2. The normalized spacial score (nSPS) is 42.2. The number of nitrogens with zero attached hydrogens (tertiary/aromatic N) is 1. The van der Waals surface area contributed by atoms with Crippen LogP contribution >= 0.6 is 0 Å². The number of nitrogens with one attached hydrogen (secondary N) is 1. The van der Waals surface area contributed by atoms with Gasteiger partial charge in [-0.1, -0.05) is 0 Å². The zero-order valence-corrected chi connectivity index (χ0v) is 24.4. The zero-order valence-electron chi connectivity index (χ0n) is 24.4. The first-order valence-corrected chi connectivity index (χ1v) is 14.7. The third-order valence-electron chi connectivity index (χ3n) is 8.26. The number of amides is 1. The summed E-state index contributed by atoms with van der Waals surface area (Å²) in [5.41, 5.74) is 23.9. The predicted octanol–water partition coefficient (Wildman–Crippen LogP) is -7.46. The minimum absolute atomic E-state index is 0.00930. The van der Waals surface area contributed by atoms with Crippen molar-refractivity contribution >= 4 is 5.91 Å². The first-order valence-electron chi connectivity index (χ1n) is 14.7. The van der Waals surface area contributed by atoms with E-state index in [0.29, 0.717) is 5.06 Å². The Morgan fingerprint density at radius 2 is 1.59 bits per heavy atom. The van der Waals surface area contributed by atoms with Gasteiger partial charge >= 0.3 is 0 Å². The van der Waals surface area contributed by atoms with E-state index in [1.165, 1.54) is 0 Å². The lowest BCUT2D eigenvalue weighted by Crippen LogP contribution is -2.66. The molecule has 19 heteroatoms. The molecule has 15 atom stereocenters. The SMILES string of the molecule is NCCN(O)C(=O)C[C@@H]1C[C@H](N)[C@@H](O[C@H]2O[C@H](CNCC(O)CO)[C@@H](O)C[C@H]2N)[C@H](O)[C@H]1O[C@H]1O[C@H](CO)[C@@H](O)[C@H](N)[C@H]1O. The number of ether oxygens (including phenoxy) is 4. The van der Waals surface area contributed by atoms with E-state index < -0.39 is 111 Å². The summed E-state index contributed by atoms with van der Waals surface area (Å²) in [5.74, 6) is -1.57. The molecule has 19 nitrogen and oxygen atoms in total. The molecule has 0 aromatic heterocycles. The van der Waals surface area contributed by atoms with Crippen molar-refractivity contribution in [1.82, 2.24) is 10.4 Å². The van der Waals surface area contributed by atoms with E-state index in [0.717, 1.165) is 0 Å². The molecule has 1 unspecified atom stereocenters. The molecule has 2 saturated heterocycles. The van der Waals surface area contributed by atoms with Crippen LogP contribution in [0, 0.1) is 5.92 Å². The second-order valence-electron chi connectivity index (χ2n) is 11.6. The topological polar surface area (TPSA) is 335 Å². The lowest BCUT2D eigenvalue weighted by atomic mass is 9.77. The molecule has 1 aliphatic carbocycles. The van der Waals surface area contributed by atoms with Crippen molar-refractivity contribution in [3.63, 3.8) is 0 Å². The molecule has 3 rings (SSSR count). The molecule has 2 aliphatic heterocycles. The summed E-state index contributed by atoms with van der Waals surface area (Å²) < 4.78 is 23.4. The second-order valence-corrected chi connectivity index (χ2v) is 11.6. The van der Waals surface area contributed by atoms with Crippen LogP contribution in [-0.2, 0) is 23.7 Å². The summed E-state index contributed by atoms with van der Waals surface area (Å²) in [5, 5.41) is 84.4. The molecule has 0 aromatic carbocycles. The van der Waals surface area contributed by atoms with Crippen LogP contribution in [0.2, 0.25) is 0 Å². The summed E-state index contributed by atoms with van der Waals surface area (Å²) in [6.45, 7) is -1.14. The van der Waals surface area contributed by atoms with Crippen LogP contribution in [0.3, 0.4) is 0 Å². The fraction of sp³-hybridized carbons (Fsp3) is 0.960. The van der Waals surface area contributed by atoms with Gasteiger partial charge in [0.1, 0.15) is 30.5 Å². The van der Waals surface area contributed by atoms with Gasteiger partial charge in [0.25, 0.3) is 0 Å². The monoisotopic (exact) mass is 642 g/mol. The summed E-state index contributed by atoms with van der Waals surface area (Å²) in [4.78, 5) is 12.7. The molecule has 2 heterocycles. The van der Waals surface area contributed by atoms with Gasteiger partial charge in [-0.25, -0.2) is 5.06 Å². The van der Waals surface area contributed by atoms with Gasteiger partial charge in [-0.05, 0) is 18.8 Å². The molecular formula is C25H50N6O13. The molecule has 3 aliphatic rings. The highest BCUT2D eigenvalue weighted by molar-refractivity contribution is 5.75. The number of nitrogens with two attached hydrogens (primary N) is 4. The van der Waals surface area contributed by atoms with Crippen molar-refractivity contribution in [3.8, 4) is 0 Å². The molecular weight excluding hydrogens is 592 g/mol. The molecule has 1 saturated carbocycles. The number of carbonyl (C=O) groups excluding carboxylic acids is 1. The Morgan fingerprint density at radius 3 is 2.23 bits per heavy atom. The number of hydrogen-bond acceptors (Lipinski definition) is 18. The highest BCUT2D eigenvalue weighted by atomic mass is 16.7. The average Bonchev–Trinajstić information content (AvgIpc) is 2.98. The van der Waals surface area contributed by atoms with Gasteiger partial charge in [0.15, 0.2) is 12.6 Å². The van der Waals surface area contributed by atoms with Crippen molar-refractivity contribution in [2.45, 2.75) is 105 Å². The van der Waals surface area contributed by atoms with E-state index in [4.69, 9.17) is 47.0 Å². The van der Waals surface area contributed by atoms with Crippen molar-refractivity contribution in [2.75, 3.05) is 39.4 Å². The molecule has 44 heavy (non-hydrogen) atoms. The molecule has 17 N–H and O–H groups in total. The van der Waals surface area contributed by atoms with Gasteiger partial charge in [-0.15, -0.1) is 0 Å². The third kappa shape index (κ3) is 9.20. The standard InChI is InChI=1S/C25H50N6O13/c26-1-2-31(40)17(36)4-10-3-12(27)23(21(39)22(10)43-25-20(38)18(29)19(37)16(9-33)42-25)44-24-13(28)5-14(35)15(41-24)7-30-6-11(34)8-32/h10-16,18-25,30,32-35,37-40H,1-9,26-29H2/t10-,11?,12-,13+,14-,15+,16+,18-,19+,20+,21+,22-,23+,24+,25+/m0/s1. The van der Waals surface area contributed by atoms with Gasteiger partial charge < -0.3 is 82.9 Å². The average molecular weight is 643 g/mol. The summed E-state index contributed by atoms with van der Waals surface area (Å²) >= 11 is 0. The van der Waals surface area contributed by atoms with Crippen LogP contribution in [0.25, 0.3) is 0 Å². The Hall–Kier alpha value is -1.21. The van der Waals surface area contributed by atoms with Crippen molar-refractivity contribution in [1.29, 1.82) is 0 Å². The van der Waals surface area contributed by atoms with Crippen molar-refractivity contribution in [3.05, 3.63) is 0 Å². The highest BCUT2D eigenvalue weighted by Crippen LogP contribution is 2.36. The number of aliphatic hydroxyl groups is 7. The van der Waals surface area contributed by atoms with E-state index in [2.05, 4.69) is 5.32 Å². The van der Waals surface area contributed by atoms with Crippen LogP contribution < -0.4 is 28.3 Å². The van der Waals surface area contributed by atoms with Gasteiger partial charge in [0.05, 0.1) is 56.3 Å². The van der Waals surface area contributed by atoms with Gasteiger partial charge in [0, 0.05) is 32.1 Å². The smallest absolute Gasteiger partial charge is 0.246 e. The lowest BCUT2D eigenvalue weighted by Gasteiger charge is -2.48. The van der Waals surface area contributed by atoms with E-state index in [1.807, 2.05) is 0 Å². The Morgan fingerprint density at radius 1 is 0.932 bits per heavy atom. The summed E-state index contributed by atoms with van der Waals surface area (Å²) in [7, 11) is 0. The number of aliphatic hydroxyl groups excluding tert-OH is 7. The maximum Gasteiger partial charge on any atom is 0.246 e. The number of rotatable bonds is 14. The maximum absolute atomic E-state index is 12.7. The first-order chi connectivity index (χ1) is 20.8. The fourth-order valence-electron chi connectivity index (χ4n) is 5.70. The number of hydroxylamine groups is 2. The van der Waals surface area contributed by atoms with Crippen LogP contribution in [-0.4, -0.2) is 177 Å².